The number of anilines is 1. The number of nitrogens with zero attached hydrogens (tertiary/aromatic N) is 2. The van der Waals surface area contributed by atoms with Crippen LogP contribution in [0.2, 0.25) is 0 Å². The van der Waals surface area contributed by atoms with E-state index in [2.05, 4.69) is 4.98 Å². The van der Waals surface area contributed by atoms with Crippen LogP contribution < -0.4 is 5.73 Å². The van der Waals surface area contributed by atoms with Gasteiger partial charge in [0.2, 0.25) is 5.82 Å². The summed E-state index contributed by atoms with van der Waals surface area (Å²) in [5.41, 5.74) is 0.454. The van der Waals surface area contributed by atoms with Crippen LogP contribution in [0.15, 0.2) is 6.07 Å². The van der Waals surface area contributed by atoms with Crippen LogP contribution in [0.25, 0.3) is 0 Å². The highest BCUT2D eigenvalue weighted by atomic mass is 19.4. The van der Waals surface area contributed by atoms with E-state index in [0.717, 1.165) is 0 Å². The van der Waals surface area contributed by atoms with Crippen molar-refractivity contribution in [3.8, 4) is 0 Å². The number of halogens is 5. The van der Waals surface area contributed by atoms with Crippen molar-refractivity contribution in [2.75, 3.05) is 5.73 Å². The number of nitrogens with two attached hydrogens (primary N) is 1. The number of alkyl halides is 5. The van der Waals surface area contributed by atoms with Gasteiger partial charge in [-0.15, -0.1) is 0 Å². The Balaban J connectivity index is 3.52. The molecule has 1 aromatic heterocycles. The number of rotatable bonds is 2. The minimum Gasteiger partial charge on any atom is -0.378 e. The van der Waals surface area contributed by atoms with Crippen molar-refractivity contribution in [3.63, 3.8) is 0 Å². The van der Waals surface area contributed by atoms with E-state index in [1.807, 2.05) is 0 Å². The van der Waals surface area contributed by atoms with E-state index in [1.165, 1.54) is 0 Å². The van der Waals surface area contributed by atoms with Gasteiger partial charge in [0.05, 0.1) is 4.92 Å². The lowest BCUT2D eigenvalue weighted by atomic mass is 10.2. The SMILES string of the molecule is Nc1nc(C(F)(F)F)cc(C(F)F)c1[N+](=O)[O-]. The van der Waals surface area contributed by atoms with Gasteiger partial charge in [0.25, 0.3) is 6.43 Å². The molecule has 0 radical (unpaired) electrons. The van der Waals surface area contributed by atoms with Gasteiger partial charge in [0.15, 0.2) is 0 Å². The van der Waals surface area contributed by atoms with Gasteiger partial charge in [-0.2, -0.15) is 13.2 Å². The number of pyridine rings is 1. The number of aromatic nitrogens is 1. The van der Waals surface area contributed by atoms with E-state index in [0.29, 0.717) is 0 Å². The lowest BCUT2D eigenvalue weighted by Gasteiger charge is -2.09. The first-order valence-electron chi connectivity index (χ1n) is 3.94. The number of nitrogen functional groups attached to an aromatic ring is 1. The topological polar surface area (TPSA) is 82.0 Å². The largest absolute Gasteiger partial charge is 0.433 e. The maximum atomic E-state index is 12.4. The summed E-state index contributed by atoms with van der Waals surface area (Å²) in [4.78, 5) is 11.8. The second-order valence-corrected chi connectivity index (χ2v) is 2.89. The van der Waals surface area contributed by atoms with E-state index >= 15 is 0 Å². The molecule has 10 heteroatoms. The molecule has 0 aliphatic heterocycles. The molecule has 0 saturated carbocycles. The molecule has 0 amide bonds. The van der Waals surface area contributed by atoms with Crippen LogP contribution in [-0.2, 0) is 6.18 Å². The Morgan fingerprint density at radius 3 is 2.29 bits per heavy atom. The van der Waals surface area contributed by atoms with Gasteiger partial charge >= 0.3 is 11.9 Å². The minimum absolute atomic E-state index is 0.0842. The van der Waals surface area contributed by atoms with Crippen LogP contribution in [0.5, 0.6) is 0 Å². The second-order valence-electron chi connectivity index (χ2n) is 2.89. The molecule has 0 spiro atoms. The summed E-state index contributed by atoms with van der Waals surface area (Å²) in [6, 6.07) is -0.0842. The molecular formula is C7H4F5N3O2. The van der Waals surface area contributed by atoms with E-state index in [-0.39, 0.29) is 6.07 Å². The molecule has 0 aliphatic carbocycles. The fraction of sp³-hybridized carbons (Fsp3) is 0.286. The summed E-state index contributed by atoms with van der Waals surface area (Å²) in [7, 11) is 0. The van der Waals surface area contributed by atoms with Crippen molar-refractivity contribution < 1.29 is 26.9 Å². The molecular weight excluding hydrogens is 253 g/mol. The van der Waals surface area contributed by atoms with Gasteiger partial charge in [0, 0.05) is 0 Å². The zero-order valence-electron chi connectivity index (χ0n) is 7.83. The molecule has 2 N–H and O–H groups in total. The van der Waals surface area contributed by atoms with Crippen LogP contribution in [0.1, 0.15) is 17.7 Å². The normalized spacial score (nSPS) is 11.9. The summed E-state index contributed by atoms with van der Waals surface area (Å²) < 4.78 is 61.4. The minimum atomic E-state index is -5.01. The van der Waals surface area contributed by atoms with Crippen LogP contribution >= 0.6 is 0 Å². The first kappa shape index (κ1) is 13.1. The highest BCUT2D eigenvalue weighted by Crippen LogP contribution is 2.37. The summed E-state index contributed by atoms with van der Waals surface area (Å²) >= 11 is 0. The fourth-order valence-corrected chi connectivity index (χ4v) is 1.09. The van der Waals surface area contributed by atoms with Gasteiger partial charge in [-0.3, -0.25) is 10.1 Å². The predicted molar refractivity (Wildman–Crippen MR) is 45.3 cm³/mol. The molecule has 0 bridgehead atoms. The first-order chi connectivity index (χ1) is 7.64. The van der Waals surface area contributed by atoms with Crippen LogP contribution in [0.3, 0.4) is 0 Å². The van der Waals surface area contributed by atoms with Crippen LogP contribution in [-0.4, -0.2) is 9.91 Å². The van der Waals surface area contributed by atoms with Crippen molar-refractivity contribution in [1.82, 2.24) is 4.98 Å². The first-order valence-corrected chi connectivity index (χ1v) is 3.94. The molecule has 0 atom stereocenters. The third-order valence-electron chi connectivity index (χ3n) is 1.76. The van der Waals surface area contributed by atoms with Crippen molar-refractivity contribution in [2.45, 2.75) is 12.6 Å². The van der Waals surface area contributed by atoms with Gasteiger partial charge < -0.3 is 5.73 Å². The predicted octanol–water partition coefficient (Wildman–Crippen LogP) is 2.53. The molecule has 1 heterocycles. The Morgan fingerprint density at radius 1 is 1.41 bits per heavy atom. The average molecular weight is 257 g/mol. The third kappa shape index (κ3) is 2.57. The molecule has 1 rings (SSSR count). The molecule has 0 aliphatic rings. The molecule has 0 saturated heterocycles. The van der Waals surface area contributed by atoms with E-state index in [4.69, 9.17) is 5.73 Å². The Bertz CT molecular complexity index is 460. The average Bonchev–Trinajstić information content (AvgIpc) is 2.13. The van der Waals surface area contributed by atoms with Crippen molar-refractivity contribution in [1.29, 1.82) is 0 Å². The zero-order valence-corrected chi connectivity index (χ0v) is 7.83. The van der Waals surface area contributed by atoms with Crippen molar-refractivity contribution in [3.05, 3.63) is 27.4 Å². The molecule has 5 nitrogen and oxygen atoms in total. The molecule has 17 heavy (non-hydrogen) atoms. The van der Waals surface area contributed by atoms with E-state index in [1.54, 1.807) is 0 Å². The quantitative estimate of drug-likeness (QED) is 0.501. The lowest BCUT2D eigenvalue weighted by molar-refractivity contribution is -0.385. The highest BCUT2D eigenvalue weighted by Gasteiger charge is 2.37. The third-order valence-corrected chi connectivity index (χ3v) is 1.76. The van der Waals surface area contributed by atoms with Crippen molar-refractivity contribution >= 4 is 11.5 Å². The van der Waals surface area contributed by atoms with Crippen LogP contribution in [0, 0.1) is 10.1 Å². The van der Waals surface area contributed by atoms with Gasteiger partial charge in [-0.05, 0) is 6.07 Å². The highest BCUT2D eigenvalue weighted by molar-refractivity contribution is 5.59. The fourth-order valence-electron chi connectivity index (χ4n) is 1.09. The van der Waals surface area contributed by atoms with Crippen molar-refractivity contribution in [2.24, 2.45) is 0 Å². The van der Waals surface area contributed by atoms with Gasteiger partial charge in [-0.1, -0.05) is 0 Å². The Kier molecular flexibility index (Phi) is 3.16. The van der Waals surface area contributed by atoms with Gasteiger partial charge in [-0.25, -0.2) is 13.8 Å². The van der Waals surface area contributed by atoms with E-state index < -0.39 is 40.3 Å². The standard InChI is InChI=1S/C7H4F5N3O2/c8-5(9)2-1-3(7(10,11)12)14-6(13)4(2)15(16)17/h1,5H,(H2,13,14). The summed E-state index contributed by atoms with van der Waals surface area (Å²) in [5.74, 6) is -1.19. The molecule has 0 fully saturated rings. The number of hydrogen-bond donors (Lipinski definition) is 1. The maximum Gasteiger partial charge on any atom is 0.433 e. The molecule has 0 aromatic carbocycles. The molecule has 0 unspecified atom stereocenters. The number of hydrogen-bond acceptors (Lipinski definition) is 4. The summed E-state index contributed by atoms with van der Waals surface area (Å²) in [6.45, 7) is 0. The molecule has 94 valence electrons. The van der Waals surface area contributed by atoms with E-state index in [9.17, 15) is 32.1 Å². The monoisotopic (exact) mass is 257 g/mol. The molecule has 1 aromatic rings. The summed E-state index contributed by atoms with van der Waals surface area (Å²) in [6.07, 6.45) is -8.46. The zero-order chi connectivity index (χ0) is 13.4. The Labute approximate surface area is 90.2 Å². The second kappa shape index (κ2) is 4.11. The summed E-state index contributed by atoms with van der Waals surface area (Å²) in [5, 5.41) is 10.4. The Hall–Kier alpha value is -2.00. The smallest absolute Gasteiger partial charge is 0.378 e. The Morgan fingerprint density at radius 2 is 1.94 bits per heavy atom. The number of nitro groups is 1. The lowest BCUT2D eigenvalue weighted by Crippen LogP contribution is -2.13. The van der Waals surface area contributed by atoms with Crippen LogP contribution in [0.4, 0.5) is 33.5 Å². The maximum absolute atomic E-state index is 12.4. The van der Waals surface area contributed by atoms with Gasteiger partial charge in [0.1, 0.15) is 11.3 Å².